The van der Waals surface area contributed by atoms with Crippen LogP contribution in [0.15, 0.2) is 41.4 Å². The van der Waals surface area contributed by atoms with E-state index in [1.54, 1.807) is 17.9 Å². The van der Waals surface area contributed by atoms with Crippen molar-refractivity contribution in [1.29, 1.82) is 5.26 Å². The summed E-state index contributed by atoms with van der Waals surface area (Å²) in [5.41, 5.74) is 1.57. The molecule has 3 rings (SSSR count). The number of amides is 1. The van der Waals surface area contributed by atoms with Gasteiger partial charge in [-0.05, 0) is 68.8 Å². The number of halogens is 1. The Morgan fingerprint density at radius 3 is 2.91 bits per heavy atom. The van der Waals surface area contributed by atoms with Gasteiger partial charge in [0, 0.05) is 30.7 Å². The first-order valence-corrected chi connectivity index (χ1v) is 12.3. The predicted molar refractivity (Wildman–Crippen MR) is 129 cm³/mol. The van der Waals surface area contributed by atoms with Crippen LogP contribution in [0.3, 0.4) is 0 Å². The van der Waals surface area contributed by atoms with Gasteiger partial charge in [0.25, 0.3) is 0 Å². The lowest BCUT2D eigenvalue weighted by molar-refractivity contribution is -0.151. The molecule has 2 unspecified atom stereocenters. The van der Waals surface area contributed by atoms with Gasteiger partial charge in [0.05, 0.1) is 23.6 Å². The van der Waals surface area contributed by atoms with E-state index >= 15 is 0 Å². The zero-order valence-corrected chi connectivity index (χ0v) is 20.5. The van der Waals surface area contributed by atoms with Crippen molar-refractivity contribution >= 4 is 35.4 Å². The Morgan fingerprint density at radius 2 is 2.18 bits per heavy atom. The summed E-state index contributed by atoms with van der Waals surface area (Å²) in [6.07, 6.45) is 3.81. The maximum atomic E-state index is 13.5. The third kappa shape index (κ3) is 6.53. The normalized spacial score (nSPS) is 16.8. The number of aromatic nitrogens is 1. The van der Waals surface area contributed by atoms with Gasteiger partial charge in [0.1, 0.15) is 11.8 Å². The van der Waals surface area contributed by atoms with Crippen LogP contribution in [-0.4, -0.2) is 47.1 Å². The third-order valence-corrected chi connectivity index (χ3v) is 7.30. The van der Waals surface area contributed by atoms with Gasteiger partial charge in [-0.15, -0.1) is 0 Å². The van der Waals surface area contributed by atoms with E-state index in [0.717, 1.165) is 23.3 Å². The summed E-state index contributed by atoms with van der Waals surface area (Å²) in [5.74, 6) is -0.602. The number of carbonyl (C=O) groups is 2. The fraction of sp³-hybridized carbons (Fsp3) is 0.458. The number of nitrogens with zero attached hydrogens (tertiary/aromatic N) is 3. The lowest BCUT2D eigenvalue weighted by atomic mass is 9.97. The number of likely N-dealkylation sites (tertiary alicyclic amines) is 1. The Morgan fingerprint density at radius 1 is 1.36 bits per heavy atom. The van der Waals surface area contributed by atoms with Crippen molar-refractivity contribution in [2.75, 3.05) is 19.7 Å². The molecule has 1 fully saturated rings. The minimum Gasteiger partial charge on any atom is -0.466 e. The SMILES string of the molecule is CCOC(=O)C1CCCN(C(=O)C(CCn2cccc2C#N)NSc2c(C)cccc2Cl)C1. The van der Waals surface area contributed by atoms with Crippen molar-refractivity contribution in [3.05, 3.63) is 52.8 Å². The number of nitriles is 1. The molecular formula is C24H29ClN4O3S. The quantitative estimate of drug-likeness (QED) is 0.421. The van der Waals surface area contributed by atoms with E-state index < -0.39 is 6.04 Å². The number of benzene rings is 1. The zero-order chi connectivity index (χ0) is 23.8. The zero-order valence-electron chi connectivity index (χ0n) is 18.9. The van der Waals surface area contributed by atoms with Crippen molar-refractivity contribution < 1.29 is 14.3 Å². The highest BCUT2D eigenvalue weighted by atomic mass is 35.5. The summed E-state index contributed by atoms with van der Waals surface area (Å²) in [6, 6.07) is 10.9. The molecule has 1 aliphatic heterocycles. The molecular weight excluding hydrogens is 460 g/mol. The monoisotopic (exact) mass is 488 g/mol. The minimum atomic E-state index is -0.513. The van der Waals surface area contributed by atoms with Crippen LogP contribution < -0.4 is 4.72 Å². The number of hydrogen-bond acceptors (Lipinski definition) is 6. The number of carbonyl (C=O) groups excluding carboxylic acids is 2. The summed E-state index contributed by atoms with van der Waals surface area (Å²) in [4.78, 5) is 28.4. The molecule has 0 bridgehead atoms. The van der Waals surface area contributed by atoms with Crippen molar-refractivity contribution in [2.24, 2.45) is 5.92 Å². The number of esters is 1. The van der Waals surface area contributed by atoms with Gasteiger partial charge in [-0.2, -0.15) is 5.26 Å². The Balaban J connectivity index is 1.74. The molecule has 9 heteroatoms. The fourth-order valence-electron chi connectivity index (χ4n) is 3.94. The van der Waals surface area contributed by atoms with Crippen LogP contribution >= 0.6 is 23.5 Å². The highest BCUT2D eigenvalue weighted by Gasteiger charge is 2.32. The maximum absolute atomic E-state index is 13.5. The van der Waals surface area contributed by atoms with Gasteiger partial charge >= 0.3 is 5.97 Å². The van der Waals surface area contributed by atoms with E-state index in [2.05, 4.69) is 10.8 Å². The molecule has 1 saturated heterocycles. The third-order valence-electron chi connectivity index (χ3n) is 5.72. The molecule has 1 amide bonds. The maximum Gasteiger partial charge on any atom is 0.310 e. The molecule has 7 nitrogen and oxygen atoms in total. The molecule has 2 aromatic rings. The van der Waals surface area contributed by atoms with Crippen LogP contribution in [0.4, 0.5) is 0 Å². The van der Waals surface area contributed by atoms with E-state index in [0.29, 0.717) is 43.4 Å². The number of piperidine rings is 1. The Kier molecular flexibility index (Phi) is 9.24. The topological polar surface area (TPSA) is 87.4 Å². The summed E-state index contributed by atoms with van der Waals surface area (Å²) >= 11 is 7.72. The van der Waals surface area contributed by atoms with Crippen molar-refractivity contribution in [1.82, 2.24) is 14.2 Å². The van der Waals surface area contributed by atoms with Crippen molar-refractivity contribution in [2.45, 2.75) is 50.6 Å². The van der Waals surface area contributed by atoms with E-state index in [1.807, 2.05) is 42.0 Å². The highest BCUT2D eigenvalue weighted by Crippen LogP contribution is 2.29. The van der Waals surface area contributed by atoms with Gasteiger partial charge in [-0.1, -0.05) is 23.7 Å². The smallest absolute Gasteiger partial charge is 0.310 e. The standard InChI is InChI=1S/C24H29ClN4O3S/c1-3-32-24(31)18-8-5-13-29(16-18)23(30)21(11-14-28-12-6-9-19(28)15-26)27-33-22-17(2)7-4-10-20(22)25/h4,6-7,9-10,12,18,21,27H,3,5,8,11,13-14,16H2,1-2H3. The van der Waals surface area contributed by atoms with E-state index in [9.17, 15) is 14.9 Å². The van der Waals surface area contributed by atoms with E-state index in [4.69, 9.17) is 16.3 Å². The lowest BCUT2D eigenvalue weighted by Gasteiger charge is -2.34. The fourth-order valence-corrected chi connectivity index (χ4v) is 5.15. The number of hydrogen-bond donors (Lipinski definition) is 1. The number of nitrogens with one attached hydrogen (secondary N) is 1. The van der Waals surface area contributed by atoms with Gasteiger partial charge in [-0.25, -0.2) is 4.72 Å². The van der Waals surface area contributed by atoms with Crippen LogP contribution in [0.2, 0.25) is 5.02 Å². The van der Waals surface area contributed by atoms with Crippen LogP contribution in [0.1, 0.15) is 37.4 Å². The molecule has 0 spiro atoms. The molecule has 0 aliphatic carbocycles. The molecule has 1 aromatic carbocycles. The Bertz CT molecular complexity index is 999. The molecule has 2 heterocycles. The predicted octanol–water partition coefficient (Wildman–Crippen LogP) is 4.18. The van der Waals surface area contributed by atoms with Crippen LogP contribution in [0.25, 0.3) is 0 Å². The molecule has 2 atom stereocenters. The molecule has 1 N–H and O–H groups in total. The Labute approximate surface area is 204 Å². The average molecular weight is 489 g/mol. The van der Waals surface area contributed by atoms with Crippen molar-refractivity contribution in [3.8, 4) is 6.07 Å². The summed E-state index contributed by atoms with van der Waals surface area (Å²) < 4.78 is 10.3. The van der Waals surface area contributed by atoms with Crippen molar-refractivity contribution in [3.63, 3.8) is 0 Å². The number of rotatable bonds is 9. The van der Waals surface area contributed by atoms with Gasteiger partial charge in [0.15, 0.2) is 0 Å². The lowest BCUT2D eigenvalue weighted by Crippen LogP contribution is -2.50. The van der Waals surface area contributed by atoms with Crippen LogP contribution in [0, 0.1) is 24.2 Å². The minimum absolute atomic E-state index is 0.0631. The second-order valence-corrected chi connectivity index (χ2v) is 9.28. The first-order valence-electron chi connectivity index (χ1n) is 11.1. The first kappa shape index (κ1) is 25.2. The molecule has 1 aliphatic rings. The molecule has 0 saturated carbocycles. The van der Waals surface area contributed by atoms with Gasteiger partial charge in [-0.3, -0.25) is 9.59 Å². The second kappa shape index (κ2) is 12.1. The van der Waals surface area contributed by atoms with Crippen LogP contribution in [0.5, 0.6) is 0 Å². The first-order chi connectivity index (χ1) is 15.9. The van der Waals surface area contributed by atoms with Crippen LogP contribution in [-0.2, 0) is 20.9 Å². The van der Waals surface area contributed by atoms with Gasteiger partial charge in [0.2, 0.25) is 5.91 Å². The summed E-state index contributed by atoms with van der Waals surface area (Å²) in [7, 11) is 0. The van der Waals surface area contributed by atoms with E-state index in [-0.39, 0.29) is 17.8 Å². The van der Waals surface area contributed by atoms with E-state index in [1.165, 1.54) is 11.9 Å². The molecule has 33 heavy (non-hydrogen) atoms. The van der Waals surface area contributed by atoms with Gasteiger partial charge < -0.3 is 14.2 Å². The Hall–Kier alpha value is -2.47. The molecule has 0 radical (unpaired) electrons. The number of ether oxygens (including phenoxy) is 1. The molecule has 1 aromatic heterocycles. The highest BCUT2D eigenvalue weighted by molar-refractivity contribution is 7.97. The summed E-state index contributed by atoms with van der Waals surface area (Å²) in [6.45, 7) is 5.57. The second-order valence-electron chi connectivity index (χ2n) is 8.02. The average Bonchev–Trinajstić information content (AvgIpc) is 3.28. The summed E-state index contributed by atoms with van der Waals surface area (Å²) in [5, 5.41) is 9.92. The largest absolute Gasteiger partial charge is 0.466 e. The molecule has 176 valence electrons. The number of aryl methyl sites for hydroxylation is 2.